The molecule has 1 amide bonds. The van der Waals surface area contributed by atoms with Gasteiger partial charge >= 0.3 is 0 Å². The first-order valence-corrected chi connectivity index (χ1v) is 13.6. The summed E-state index contributed by atoms with van der Waals surface area (Å²) in [6.07, 6.45) is 10.3. The molecule has 2 aliphatic heterocycles. The average molecular weight is 510 g/mol. The van der Waals surface area contributed by atoms with Crippen LogP contribution in [0.25, 0.3) is 16.8 Å². The van der Waals surface area contributed by atoms with E-state index in [2.05, 4.69) is 15.1 Å². The van der Waals surface area contributed by atoms with Gasteiger partial charge in [-0.05, 0) is 70.8 Å². The van der Waals surface area contributed by atoms with Crippen molar-refractivity contribution >= 4 is 28.7 Å². The number of hydrogen-bond donors (Lipinski definition) is 1. The third kappa shape index (κ3) is 5.32. The van der Waals surface area contributed by atoms with E-state index in [9.17, 15) is 9.59 Å². The van der Waals surface area contributed by atoms with Gasteiger partial charge in [-0.1, -0.05) is 30.2 Å². The van der Waals surface area contributed by atoms with Crippen molar-refractivity contribution in [1.29, 1.82) is 0 Å². The van der Waals surface area contributed by atoms with Gasteiger partial charge in [0, 0.05) is 48.2 Å². The van der Waals surface area contributed by atoms with Crippen molar-refractivity contribution in [2.75, 3.05) is 31.1 Å². The van der Waals surface area contributed by atoms with Crippen LogP contribution in [0.1, 0.15) is 46.0 Å². The lowest BCUT2D eigenvalue weighted by Crippen LogP contribution is -2.46. The van der Waals surface area contributed by atoms with E-state index in [1.165, 1.54) is 32.4 Å². The van der Waals surface area contributed by atoms with Crippen LogP contribution in [0.15, 0.2) is 47.5 Å². The third-order valence-electron chi connectivity index (χ3n) is 7.46. The zero-order chi connectivity index (χ0) is 25.2. The van der Waals surface area contributed by atoms with Crippen molar-refractivity contribution in [3.05, 3.63) is 58.1 Å². The summed E-state index contributed by atoms with van der Waals surface area (Å²) in [5.74, 6) is -0.189. The maximum atomic E-state index is 13.7. The van der Waals surface area contributed by atoms with Crippen LogP contribution in [0.2, 0.25) is 5.02 Å². The second-order valence-electron chi connectivity index (χ2n) is 10.4. The topological polar surface area (TPSA) is 62.0 Å². The van der Waals surface area contributed by atoms with Crippen LogP contribution in [0.3, 0.4) is 0 Å². The second-order valence-corrected chi connectivity index (χ2v) is 10.9. The number of nitrogens with one attached hydrogen (secondary N) is 1. The lowest BCUT2D eigenvalue weighted by atomic mass is 10.00. The van der Waals surface area contributed by atoms with Gasteiger partial charge in [-0.15, -0.1) is 0 Å². The Morgan fingerprint density at radius 3 is 2.50 bits per heavy atom. The Bertz CT molecular complexity index is 1280. The molecular formula is C28H36ClN5O2. The van der Waals surface area contributed by atoms with Crippen LogP contribution in [0.4, 0.5) is 5.69 Å². The minimum Gasteiger partial charge on any atom is -0.370 e. The molecule has 7 nitrogen and oxygen atoms in total. The highest BCUT2D eigenvalue weighted by molar-refractivity contribution is 6.30. The number of carbonyl (C=O) groups excluding carboxylic acids is 1. The van der Waals surface area contributed by atoms with E-state index in [1.54, 1.807) is 10.6 Å². The number of amides is 1. The molecule has 8 heteroatoms. The molecule has 0 atom stereocenters. The number of aromatic nitrogens is 2. The average Bonchev–Trinajstić information content (AvgIpc) is 3.30. The Morgan fingerprint density at radius 1 is 1.06 bits per heavy atom. The Labute approximate surface area is 217 Å². The van der Waals surface area contributed by atoms with Crippen LogP contribution in [-0.2, 0) is 11.3 Å². The predicted octanol–water partition coefficient (Wildman–Crippen LogP) is 4.40. The monoisotopic (exact) mass is 509 g/mol. The normalized spacial score (nSPS) is 17.7. The summed E-state index contributed by atoms with van der Waals surface area (Å²) in [5, 5.41) is 3.49. The predicted molar refractivity (Wildman–Crippen MR) is 146 cm³/mol. The lowest BCUT2D eigenvalue weighted by molar-refractivity contribution is -0.122. The molecule has 192 valence electrons. The van der Waals surface area contributed by atoms with Gasteiger partial charge in [0.05, 0.1) is 11.4 Å². The van der Waals surface area contributed by atoms with E-state index < -0.39 is 0 Å². The molecular weight excluding hydrogens is 474 g/mol. The quantitative estimate of drug-likeness (QED) is 0.535. The van der Waals surface area contributed by atoms with E-state index in [-0.39, 0.29) is 24.1 Å². The molecule has 2 fully saturated rings. The standard InChI is InChI=1S/C28H36ClN5O2/c1-20(2)30-27(35)19-34-26(21-7-6-8-22(29)15-21)18-33-17-24(16-25(33)28(34)36)32-13-9-23(10-14-32)31-11-4-3-5-12-31/h6-8,15-18,20,23H,3-5,9-14,19H2,1-2H3,(H,30,35). The van der Waals surface area contributed by atoms with Crippen LogP contribution < -0.4 is 15.8 Å². The number of carbonyl (C=O) groups is 1. The SMILES string of the molecule is CC(C)NC(=O)Cn1c(-c2cccc(Cl)c2)cn2cc(N3CCC(N4CCCCC4)CC3)cc2c1=O. The first-order valence-electron chi connectivity index (χ1n) is 13.2. The summed E-state index contributed by atoms with van der Waals surface area (Å²) in [5.41, 5.74) is 2.93. The number of anilines is 1. The third-order valence-corrected chi connectivity index (χ3v) is 7.69. The number of likely N-dealkylation sites (tertiary alicyclic amines) is 1. The van der Waals surface area contributed by atoms with Gasteiger partial charge in [0.25, 0.3) is 5.56 Å². The van der Waals surface area contributed by atoms with Crippen molar-refractivity contribution in [3.8, 4) is 11.3 Å². The van der Waals surface area contributed by atoms with Gasteiger partial charge in [-0.25, -0.2) is 0 Å². The maximum absolute atomic E-state index is 13.7. The van der Waals surface area contributed by atoms with Crippen LogP contribution in [0, 0.1) is 0 Å². The van der Waals surface area contributed by atoms with E-state index >= 15 is 0 Å². The number of nitrogens with zero attached hydrogens (tertiary/aromatic N) is 4. The van der Waals surface area contributed by atoms with Crippen molar-refractivity contribution in [2.45, 2.75) is 64.6 Å². The molecule has 36 heavy (non-hydrogen) atoms. The fourth-order valence-corrected chi connectivity index (χ4v) is 5.87. The summed E-state index contributed by atoms with van der Waals surface area (Å²) < 4.78 is 3.46. The minimum absolute atomic E-state index is 0.000630. The Kier molecular flexibility index (Phi) is 7.39. The van der Waals surface area contributed by atoms with Gasteiger partial charge in [0.15, 0.2) is 0 Å². The number of fused-ring (bicyclic) bond motifs is 1. The molecule has 5 rings (SSSR count). The summed E-state index contributed by atoms with van der Waals surface area (Å²) >= 11 is 6.27. The smallest absolute Gasteiger partial charge is 0.275 e. The molecule has 1 N–H and O–H groups in total. The van der Waals surface area contributed by atoms with E-state index in [1.807, 2.05) is 54.9 Å². The summed E-state index contributed by atoms with van der Waals surface area (Å²) in [7, 11) is 0. The van der Waals surface area contributed by atoms with Gasteiger partial charge in [0.1, 0.15) is 12.1 Å². The first kappa shape index (κ1) is 24.9. The fourth-order valence-electron chi connectivity index (χ4n) is 5.68. The van der Waals surface area contributed by atoms with Gasteiger partial charge in [-0.3, -0.25) is 14.2 Å². The van der Waals surface area contributed by atoms with Gasteiger partial charge in [-0.2, -0.15) is 0 Å². The highest BCUT2D eigenvalue weighted by atomic mass is 35.5. The number of hydrogen-bond acceptors (Lipinski definition) is 4. The molecule has 2 aromatic heterocycles. The summed E-state index contributed by atoms with van der Waals surface area (Å²) in [6, 6.07) is 10.1. The number of benzene rings is 1. The maximum Gasteiger partial charge on any atom is 0.275 e. The molecule has 4 heterocycles. The van der Waals surface area contributed by atoms with Crippen molar-refractivity contribution in [2.24, 2.45) is 0 Å². The molecule has 2 aliphatic rings. The summed E-state index contributed by atoms with van der Waals surface area (Å²) in [4.78, 5) is 31.4. The van der Waals surface area contributed by atoms with Crippen molar-refractivity contribution in [3.63, 3.8) is 0 Å². The van der Waals surface area contributed by atoms with E-state index in [0.717, 1.165) is 37.2 Å². The Morgan fingerprint density at radius 2 is 1.81 bits per heavy atom. The highest BCUT2D eigenvalue weighted by Gasteiger charge is 2.26. The van der Waals surface area contributed by atoms with E-state index in [0.29, 0.717) is 22.3 Å². The highest BCUT2D eigenvalue weighted by Crippen LogP contribution is 2.28. The van der Waals surface area contributed by atoms with Gasteiger partial charge < -0.3 is 19.5 Å². The number of halogens is 1. The zero-order valence-corrected chi connectivity index (χ0v) is 22.0. The summed E-state index contributed by atoms with van der Waals surface area (Å²) in [6.45, 7) is 8.23. The fraction of sp³-hybridized carbons (Fsp3) is 0.500. The molecule has 1 aromatic carbocycles. The molecule has 0 spiro atoms. The molecule has 0 radical (unpaired) electrons. The number of piperidine rings is 2. The lowest BCUT2D eigenvalue weighted by Gasteiger charge is -2.40. The molecule has 2 saturated heterocycles. The molecule has 0 aliphatic carbocycles. The zero-order valence-electron chi connectivity index (χ0n) is 21.3. The first-order chi connectivity index (χ1) is 17.4. The molecule has 0 saturated carbocycles. The van der Waals surface area contributed by atoms with Gasteiger partial charge in [0.2, 0.25) is 5.91 Å². The molecule has 0 unspecified atom stereocenters. The Hall–Kier alpha value is -2.77. The van der Waals surface area contributed by atoms with Crippen molar-refractivity contribution in [1.82, 2.24) is 19.2 Å². The van der Waals surface area contributed by atoms with Crippen LogP contribution >= 0.6 is 11.6 Å². The number of rotatable bonds is 6. The van der Waals surface area contributed by atoms with Crippen LogP contribution in [0.5, 0.6) is 0 Å². The molecule has 0 bridgehead atoms. The second kappa shape index (κ2) is 10.7. The van der Waals surface area contributed by atoms with Crippen LogP contribution in [-0.4, -0.2) is 58.0 Å². The Balaban J connectivity index is 1.45. The van der Waals surface area contributed by atoms with E-state index in [4.69, 9.17) is 11.6 Å². The minimum atomic E-state index is -0.189. The largest absolute Gasteiger partial charge is 0.370 e. The van der Waals surface area contributed by atoms with Crippen molar-refractivity contribution < 1.29 is 4.79 Å². The molecule has 3 aromatic rings.